The van der Waals surface area contributed by atoms with E-state index in [9.17, 15) is 18.0 Å². The van der Waals surface area contributed by atoms with Crippen LogP contribution >= 0.6 is 0 Å². The number of Topliss-reactive ketones (excluding diaryl/α,β-unsaturated/α-hetero) is 2. The fourth-order valence-electron chi connectivity index (χ4n) is 4.26. The molecule has 35 heavy (non-hydrogen) atoms. The highest BCUT2D eigenvalue weighted by atomic mass is 32.2. The summed E-state index contributed by atoms with van der Waals surface area (Å²) in [5.74, 6) is -0.144. The van der Waals surface area contributed by atoms with Crippen molar-refractivity contribution in [2.75, 3.05) is 16.6 Å². The number of sulfonamides is 1. The lowest BCUT2D eigenvalue weighted by molar-refractivity contribution is 0.0497. The van der Waals surface area contributed by atoms with Crippen LogP contribution in [0, 0.1) is 0 Å². The lowest BCUT2D eigenvalue weighted by Gasteiger charge is -2.33. The zero-order chi connectivity index (χ0) is 25.2. The van der Waals surface area contributed by atoms with E-state index in [-0.39, 0.29) is 28.6 Å². The van der Waals surface area contributed by atoms with E-state index in [1.807, 2.05) is 25.1 Å². The molecule has 1 heterocycles. The molecule has 8 heteroatoms. The highest BCUT2D eigenvalue weighted by Gasteiger charge is 2.30. The van der Waals surface area contributed by atoms with E-state index in [0.29, 0.717) is 29.8 Å². The fraction of sp³-hybridized carbons (Fsp3) is 0.259. The molecule has 0 bridgehead atoms. The van der Waals surface area contributed by atoms with Crippen LogP contribution in [0.3, 0.4) is 0 Å². The number of hydrogen-bond acceptors (Lipinski definition) is 6. The summed E-state index contributed by atoms with van der Waals surface area (Å²) in [6.45, 7) is 5.34. The van der Waals surface area contributed by atoms with Crippen LogP contribution in [0.15, 0.2) is 71.6 Å². The average molecular weight is 493 g/mol. The molecule has 1 aliphatic heterocycles. The Kier molecular flexibility index (Phi) is 7.05. The molecule has 0 aliphatic carbocycles. The summed E-state index contributed by atoms with van der Waals surface area (Å²) in [6, 6.07) is 18.7. The van der Waals surface area contributed by atoms with Crippen LogP contribution in [-0.4, -0.2) is 26.6 Å². The molecule has 0 saturated carbocycles. The Balaban J connectivity index is 1.64. The SMILES string of the molecule is CCOC1CC(c2cccc(C(C)=O)c2)Nc2ccc(S(=O)(=O)Nc3cccc(C(C)=O)c3)cc21. The number of carbonyl (C=O) groups is 2. The zero-order valence-corrected chi connectivity index (χ0v) is 20.7. The van der Waals surface area contributed by atoms with Gasteiger partial charge in [-0.1, -0.05) is 30.3 Å². The van der Waals surface area contributed by atoms with Gasteiger partial charge in [-0.2, -0.15) is 0 Å². The molecular weight excluding hydrogens is 464 g/mol. The van der Waals surface area contributed by atoms with Crippen LogP contribution in [0.25, 0.3) is 0 Å². The molecule has 0 amide bonds. The van der Waals surface area contributed by atoms with Crippen molar-refractivity contribution in [3.05, 3.63) is 89.0 Å². The normalized spacial score (nSPS) is 17.2. The molecule has 3 aromatic carbocycles. The van der Waals surface area contributed by atoms with Crippen LogP contribution in [-0.2, 0) is 14.8 Å². The molecule has 2 atom stereocenters. The predicted molar refractivity (Wildman–Crippen MR) is 135 cm³/mol. The van der Waals surface area contributed by atoms with Gasteiger partial charge < -0.3 is 10.1 Å². The molecule has 0 aromatic heterocycles. The second-order valence-corrected chi connectivity index (χ2v) is 10.2. The molecular formula is C27H28N2O5S. The number of nitrogens with one attached hydrogen (secondary N) is 2. The summed E-state index contributed by atoms with van der Waals surface area (Å²) in [5.41, 5.74) is 3.90. The van der Waals surface area contributed by atoms with Crippen molar-refractivity contribution in [3.63, 3.8) is 0 Å². The van der Waals surface area contributed by atoms with Gasteiger partial charge in [0.25, 0.3) is 10.0 Å². The number of ketones is 2. The van der Waals surface area contributed by atoms with E-state index in [0.717, 1.165) is 16.8 Å². The van der Waals surface area contributed by atoms with Gasteiger partial charge in [-0.25, -0.2) is 8.42 Å². The van der Waals surface area contributed by atoms with E-state index in [1.54, 1.807) is 42.5 Å². The van der Waals surface area contributed by atoms with Gasteiger partial charge in [0.1, 0.15) is 0 Å². The first-order chi connectivity index (χ1) is 16.7. The van der Waals surface area contributed by atoms with Crippen LogP contribution in [0.4, 0.5) is 11.4 Å². The minimum absolute atomic E-state index is 0.000561. The first-order valence-corrected chi connectivity index (χ1v) is 12.9. The van der Waals surface area contributed by atoms with Crippen LogP contribution < -0.4 is 10.0 Å². The van der Waals surface area contributed by atoms with Crippen molar-refractivity contribution >= 4 is 33.0 Å². The third-order valence-electron chi connectivity index (χ3n) is 6.04. The van der Waals surface area contributed by atoms with Gasteiger partial charge in [-0.05, 0) is 62.7 Å². The number of benzene rings is 3. The van der Waals surface area contributed by atoms with Gasteiger partial charge in [-0.15, -0.1) is 0 Å². The van der Waals surface area contributed by atoms with Crippen molar-refractivity contribution in [2.45, 2.75) is 44.2 Å². The van der Waals surface area contributed by atoms with Gasteiger partial charge in [0, 0.05) is 41.1 Å². The Morgan fingerprint density at radius 1 is 0.971 bits per heavy atom. The molecule has 0 saturated heterocycles. The molecule has 7 nitrogen and oxygen atoms in total. The minimum Gasteiger partial charge on any atom is -0.378 e. The second-order valence-electron chi connectivity index (χ2n) is 8.55. The number of carbonyl (C=O) groups excluding carboxylic acids is 2. The fourth-order valence-corrected chi connectivity index (χ4v) is 5.35. The van der Waals surface area contributed by atoms with Crippen LogP contribution in [0.5, 0.6) is 0 Å². The summed E-state index contributed by atoms with van der Waals surface area (Å²) in [7, 11) is -3.89. The highest BCUT2D eigenvalue weighted by Crippen LogP contribution is 2.42. The van der Waals surface area contributed by atoms with Gasteiger partial charge in [-0.3, -0.25) is 14.3 Å². The molecule has 2 N–H and O–H groups in total. The van der Waals surface area contributed by atoms with Crippen molar-refractivity contribution in [1.29, 1.82) is 0 Å². The molecule has 3 aromatic rings. The largest absolute Gasteiger partial charge is 0.378 e. The number of rotatable bonds is 8. The standard InChI is InChI=1S/C27H28N2O5S/c1-4-34-27-16-26(21-9-5-7-19(13-21)17(2)30)28-25-12-11-23(15-24(25)27)35(32,33)29-22-10-6-8-20(14-22)18(3)31/h5-15,26-29H,4,16H2,1-3H3. The second kappa shape index (κ2) is 10.0. The van der Waals surface area contributed by atoms with Gasteiger partial charge >= 0.3 is 0 Å². The monoisotopic (exact) mass is 492 g/mol. The Labute approximate surface area is 205 Å². The number of ether oxygens (including phenoxy) is 1. The maximum Gasteiger partial charge on any atom is 0.261 e. The topological polar surface area (TPSA) is 102 Å². The molecule has 0 radical (unpaired) electrons. The van der Waals surface area contributed by atoms with Crippen LogP contribution in [0.2, 0.25) is 0 Å². The van der Waals surface area contributed by atoms with Crippen LogP contribution in [0.1, 0.15) is 71.2 Å². The number of fused-ring (bicyclic) bond motifs is 1. The summed E-state index contributed by atoms with van der Waals surface area (Å²) >= 11 is 0. The Hall–Kier alpha value is -3.49. The first kappa shape index (κ1) is 24.6. The highest BCUT2D eigenvalue weighted by molar-refractivity contribution is 7.92. The van der Waals surface area contributed by atoms with Crippen molar-refractivity contribution in [2.24, 2.45) is 0 Å². The van der Waals surface area contributed by atoms with Crippen molar-refractivity contribution in [3.8, 4) is 0 Å². The van der Waals surface area contributed by atoms with E-state index in [4.69, 9.17) is 4.74 Å². The maximum atomic E-state index is 13.1. The Morgan fingerprint density at radius 2 is 1.66 bits per heavy atom. The summed E-state index contributed by atoms with van der Waals surface area (Å²) in [6.07, 6.45) is 0.262. The maximum absolute atomic E-state index is 13.1. The first-order valence-electron chi connectivity index (χ1n) is 11.4. The van der Waals surface area contributed by atoms with E-state index in [2.05, 4.69) is 10.0 Å². The molecule has 0 spiro atoms. The van der Waals surface area contributed by atoms with Crippen molar-refractivity contribution < 1.29 is 22.7 Å². The van der Waals surface area contributed by atoms with E-state index >= 15 is 0 Å². The molecule has 182 valence electrons. The zero-order valence-electron chi connectivity index (χ0n) is 19.9. The summed E-state index contributed by atoms with van der Waals surface area (Å²) < 4.78 is 34.8. The van der Waals surface area contributed by atoms with Gasteiger partial charge in [0.05, 0.1) is 17.0 Å². The predicted octanol–water partition coefficient (Wildman–Crippen LogP) is 5.53. The van der Waals surface area contributed by atoms with Gasteiger partial charge in [0.15, 0.2) is 11.6 Å². The van der Waals surface area contributed by atoms with E-state index < -0.39 is 10.0 Å². The smallest absolute Gasteiger partial charge is 0.261 e. The molecule has 2 unspecified atom stereocenters. The number of hydrogen-bond donors (Lipinski definition) is 2. The Morgan fingerprint density at radius 3 is 2.34 bits per heavy atom. The minimum atomic E-state index is -3.89. The Bertz CT molecular complexity index is 1380. The van der Waals surface area contributed by atoms with E-state index in [1.165, 1.54) is 19.9 Å². The third kappa shape index (κ3) is 5.44. The number of anilines is 2. The summed E-state index contributed by atoms with van der Waals surface area (Å²) in [5, 5.41) is 3.47. The van der Waals surface area contributed by atoms with Gasteiger partial charge in [0.2, 0.25) is 0 Å². The summed E-state index contributed by atoms with van der Waals surface area (Å²) in [4.78, 5) is 23.6. The third-order valence-corrected chi connectivity index (χ3v) is 7.42. The molecule has 4 rings (SSSR count). The molecule has 1 aliphatic rings. The lowest BCUT2D eigenvalue weighted by atomic mass is 9.90. The average Bonchev–Trinajstić information content (AvgIpc) is 2.83. The molecule has 0 fully saturated rings. The quantitative estimate of drug-likeness (QED) is 0.401. The lowest BCUT2D eigenvalue weighted by Crippen LogP contribution is -2.24. The van der Waals surface area contributed by atoms with Crippen molar-refractivity contribution in [1.82, 2.24) is 0 Å².